The maximum atomic E-state index is 13.8. The zero-order chi connectivity index (χ0) is 24.6. The highest BCUT2D eigenvalue weighted by Gasteiger charge is 2.39. The van der Waals surface area contributed by atoms with Crippen molar-refractivity contribution in [1.29, 1.82) is 0 Å². The normalized spacial score (nSPS) is 11.4. The summed E-state index contributed by atoms with van der Waals surface area (Å²) in [4.78, 5) is 35.8. The molecule has 7 nitrogen and oxygen atoms in total. The molecule has 1 aromatic heterocycles. The van der Waals surface area contributed by atoms with E-state index in [-0.39, 0.29) is 27.3 Å². The molecule has 1 heterocycles. The highest BCUT2D eigenvalue weighted by Crippen LogP contribution is 2.38. The number of alkyl halides is 3. The van der Waals surface area contributed by atoms with Gasteiger partial charge in [-0.1, -0.05) is 35.9 Å². The molecule has 172 valence electrons. The van der Waals surface area contributed by atoms with E-state index in [0.717, 1.165) is 18.2 Å². The third-order valence-electron chi connectivity index (χ3n) is 4.79. The summed E-state index contributed by atoms with van der Waals surface area (Å²) >= 11 is 5.79. The van der Waals surface area contributed by atoms with Gasteiger partial charge in [-0.2, -0.15) is 13.2 Å². The fraction of sp³-hybridized carbons (Fsp3) is 0.0435. The summed E-state index contributed by atoms with van der Waals surface area (Å²) in [6, 6.07) is 13.5. The van der Waals surface area contributed by atoms with Crippen LogP contribution in [0, 0.1) is 10.1 Å². The van der Waals surface area contributed by atoms with E-state index in [9.17, 15) is 32.9 Å². The van der Waals surface area contributed by atoms with Crippen LogP contribution < -0.4 is 10.2 Å². The maximum absolute atomic E-state index is 13.8. The van der Waals surface area contributed by atoms with Crippen LogP contribution in [0.2, 0.25) is 5.02 Å². The second kappa shape index (κ2) is 8.64. The van der Waals surface area contributed by atoms with E-state index in [1.54, 1.807) is 0 Å². The lowest BCUT2D eigenvalue weighted by Gasteiger charge is -2.13. The van der Waals surface area contributed by atoms with Gasteiger partial charge in [0.05, 0.1) is 15.9 Å². The Bertz CT molecular complexity index is 1500. The summed E-state index contributed by atoms with van der Waals surface area (Å²) in [7, 11) is 0. The van der Waals surface area contributed by atoms with Gasteiger partial charge in [0.15, 0.2) is 0 Å². The van der Waals surface area contributed by atoms with Gasteiger partial charge in [0, 0.05) is 17.2 Å². The molecule has 0 amide bonds. The number of para-hydroxylation sites is 1. The number of halogens is 4. The fourth-order valence-electron chi connectivity index (χ4n) is 3.28. The minimum atomic E-state index is -5.01. The quantitative estimate of drug-likeness (QED) is 0.145. The predicted molar refractivity (Wildman–Crippen MR) is 116 cm³/mol. The molecule has 0 unspecified atom stereocenters. The Morgan fingerprint density at radius 3 is 2.35 bits per heavy atom. The van der Waals surface area contributed by atoms with Crippen molar-refractivity contribution in [3.05, 3.63) is 103 Å². The van der Waals surface area contributed by atoms with E-state index in [1.165, 1.54) is 48.5 Å². The van der Waals surface area contributed by atoms with Crippen molar-refractivity contribution in [2.24, 2.45) is 0 Å². The van der Waals surface area contributed by atoms with Gasteiger partial charge < -0.3 is 9.15 Å². The first kappa shape index (κ1) is 23.0. The van der Waals surface area contributed by atoms with Gasteiger partial charge in [0.1, 0.15) is 16.9 Å². The molecular formula is C23H11ClF3NO6. The van der Waals surface area contributed by atoms with Crippen LogP contribution in [-0.2, 0) is 6.18 Å². The summed E-state index contributed by atoms with van der Waals surface area (Å²) in [5, 5.41) is 11.2. The Labute approximate surface area is 193 Å². The molecule has 0 N–H and O–H groups in total. The maximum Gasteiger partial charge on any atom is 0.450 e. The second-order valence-electron chi connectivity index (χ2n) is 6.96. The number of nitrogens with zero attached hydrogens (tertiary/aromatic N) is 1. The van der Waals surface area contributed by atoms with Crippen LogP contribution in [0.5, 0.6) is 5.75 Å². The molecule has 3 aromatic carbocycles. The van der Waals surface area contributed by atoms with Crippen molar-refractivity contribution in [2.75, 3.05) is 0 Å². The Morgan fingerprint density at radius 1 is 1.03 bits per heavy atom. The third kappa shape index (κ3) is 4.35. The first-order chi connectivity index (χ1) is 16.1. The molecule has 4 aromatic rings. The molecule has 0 saturated carbocycles. The zero-order valence-corrected chi connectivity index (χ0v) is 17.5. The molecule has 0 spiro atoms. The molecule has 0 aliphatic carbocycles. The van der Waals surface area contributed by atoms with Crippen molar-refractivity contribution in [3.63, 3.8) is 0 Å². The molecule has 0 bridgehead atoms. The predicted octanol–water partition coefficient (Wildman–Crippen LogP) is 6.26. The molecule has 0 radical (unpaired) electrons. The van der Waals surface area contributed by atoms with E-state index in [2.05, 4.69) is 0 Å². The average Bonchev–Trinajstić information content (AvgIpc) is 2.79. The standard InChI is InChI=1S/C23H11ClF3NO6/c24-13-7-5-12(6-8-13)19-20(29)16-10-9-14(11-18(16)34-21(19)23(25,26)27)33-22(30)15-3-1-2-4-17(15)28(31)32/h1-11H. The number of benzene rings is 3. The van der Waals surface area contributed by atoms with Gasteiger partial charge in [-0.15, -0.1) is 0 Å². The van der Waals surface area contributed by atoms with Crippen molar-refractivity contribution in [2.45, 2.75) is 6.18 Å². The fourth-order valence-corrected chi connectivity index (χ4v) is 3.41. The molecule has 4 rings (SSSR count). The Balaban J connectivity index is 1.81. The van der Waals surface area contributed by atoms with E-state index in [4.69, 9.17) is 20.8 Å². The minimum absolute atomic E-state index is 0.0423. The largest absolute Gasteiger partial charge is 0.450 e. The monoisotopic (exact) mass is 489 g/mol. The van der Waals surface area contributed by atoms with Crippen LogP contribution in [0.3, 0.4) is 0 Å². The lowest BCUT2D eigenvalue weighted by atomic mass is 10.0. The zero-order valence-electron chi connectivity index (χ0n) is 16.8. The molecule has 0 aliphatic heterocycles. The van der Waals surface area contributed by atoms with Crippen LogP contribution in [0.1, 0.15) is 16.1 Å². The summed E-state index contributed by atoms with van der Waals surface area (Å²) in [6.07, 6.45) is -5.01. The first-order valence-corrected chi connectivity index (χ1v) is 9.83. The van der Waals surface area contributed by atoms with Gasteiger partial charge in [0.2, 0.25) is 11.2 Å². The van der Waals surface area contributed by atoms with Crippen molar-refractivity contribution in [3.8, 4) is 16.9 Å². The van der Waals surface area contributed by atoms with E-state index in [0.29, 0.717) is 0 Å². The van der Waals surface area contributed by atoms with Gasteiger partial charge in [-0.05, 0) is 35.9 Å². The molecule has 0 saturated heterocycles. The Morgan fingerprint density at radius 2 is 1.71 bits per heavy atom. The van der Waals surface area contributed by atoms with E-state index < -0.39 is 45.1 Å². The highest BCUT2D eigenvalue weighted by molar-refractivity contribution is 6.30. The SMILES string of the molecule is O=C(Oc1ccc2c(=O)c(-c3ccc(Cl)cc3)c(C(F)(F)F)oc2c1)c1ccccc1[N+](=O)[O-]. The van der Waals surface area contributed by atoms with E-state index >= 15 is 0 Å². The number of nitro groups is 1. The number of fused-ring (bicyclic) bond motifs is 1. The van der Waals surface area contributed by atoms with Gasteiger partial charge in [-0.25, -0.2) is 4.79 Å². The molecule has 11 heteroatoms. The van der Waals surface area contributed by atoms with Crippen LogP contribution in [0.4, 0.5) is 18.9 Å². The molecule has 0 fully saturated rings. The number of esters is 1. The topological polar surface area (TPSA) is 99.7 Å². The number of carbonyl (C=O) groups excluding carboxylic acids is 1. The number of ether oxygens (including phenoxy) is 1. The van der Waals surface area contributed by atoms with Gasteiger partial charge in [0.25, 0.3) is 5.69 Å². The number of nitro benzene ring substituents is 1. The first-order valence-electron chi connectivity index (χ1n) is 9.46. The molecule has 0 aliphatic rings. The van der Waals surface area contributed by atoms with Gasteiger partial charge in [-0.3, -0.25) is 14.9 Å². The molecule has 0 atom stereocenters. The van der Waals surface area contributed by atoms with Crippen LogP contribution in [0.25, 0.3) is 22.1 Å². The van der Waals surface area contributed by atoms with Crippen molar-refractivity contribution in [1.82, 2.24) is 0 Å². The summed E-state index contributed by atoms with van der Waals surface area (Å²) < 4.78 is 51.4. The number of hydrogen-bond acceptors (Lipinski definition) is 6. The van der Waals surface area contributed by atoms with E-state index in [1.807, 2.05) is 0 Å². The van der Waals surface area contributed by atoms with Crippen LogP contribution in [-0.4, -0.2) is 10.9 Å². The van der Waals surface area contributed by atoms with Crippen molar-refractivity contribution < 1.29 is 32.0 Å². The number of carbonyl (C=O) groups is 1. The second-order valence-corrected chi connectivity index (χ2v) is 7.40. The number of hydrogen-bond donors (Lipinski definition) is 0. The summed E-state index contributed by atoms with van der Waals surface area (Å²) in [5.74, 6) is -2.91. The lowest BCUT2D eigenvalue weighted by Crippen LogP contribution is -2.16. The third-order valence-corrected chi connectivity index (χ3v) is 5.04. The summed E-state index contributed by atoms with van der Waals surface area (Å²) in [5.41, 5.74) is -3.04. The van der Waals surface area contributed by atoms with Crippen LogP contribution in [0.15, 0.2) is 75.9 Å². The van der Waals surface area contributed by atoms with Crippen molar-refractivity contribution >= 4 is 34.2 Å². The molecule has 34 heavy (non-hydrogen) atoms. The Hall–Kier alpha value is -4.18. The summed E-state index contributed by atoms with van der Waals surface area (Å²) in [6.45, 7) is 0. The highest BCUT2D eigenvalue weighted by atomic mass is 35.5. The van der Waals surface area contributed by atoms with Crippen LogP contribution >= 0.6 is 11.6 Å². The van der Waals surface area contributed by atoms with Gasteiger partial charge >= 0.3 is 12.1 Å². The average molecular weight is 490 g/mol. The smallest absolute Gasteiger partial charge is 0.450 e. The Kier molecular flexibility index (Phi) is 5.84. The molecular weight excluding hydrogens is 479 g/mol. The minimum Gasteiger partial charge on any atom is -0.450 e. The number of rotatable bonds is 4. The lowest BCUT2D eigenvalue weighted by molar-refractivity contribution is -0.385.